The number of benzene rings is 1. The molecule has 0 saturated carbocycles. The molecule has 0 spiro atoms. The summed E-state index contributed by atoms with van der Waals surface area (Å²) in [7, 11) is 0. The average molecular weight is 332 g/mol. The summed E-state index contributed by atoms with van der Waals surface area (Å²) in [6, 6.07) is 7.98. The quantitative estimate of drug-likeness (QED) is 0.637. The summed E-state index contributed by atoms with van der Waals surface area (Å²) in [4.78, 5) is 23.4. The number of thioether (sulfide) groups is 1. The van der Waals surface area contributed by atoms with Crippen LogP contribution in [-0.4, -0.2) is 34.5 Å². The van der Waals surface area contributed by atoms with E-state index in [9.17, 15) is 9.59 Å². The molecule has 2 rings (SSSR count). The van der Waals surface area contributed by atoms with Crippen LogP contribution in [0.2, 0.25) is 0 Å². The molecule has 2 N–H and O–H groups in total. The summed E-state index contributed by atoms with van der Waals surface area (Å²) >= 11 is 1.23. The second-order valence-electron chi connectivity index (χ2n) is 5.21. The fourth-order valence-electron chi connectivity index (χ4n) is 2.00. The lowest BCUT2D eigenvalue weighted by Crippen LogP contribution is -2.31. The zero-order valence-corrected chi connectivity index (χ0v) is 14.2. The third-order valence-electron chi connectivity index (χ3n) is 3.28. The normalized spacial score (nSPS) is 19.8. The first-order valence-corrected chi connectivity index (χ1v) is 8.31. The van der Waals surface area contributed by atoms with Crippen LogP contribution >= 0.6 is 11.8 Å². The minimum Gasteiger partial charge on any atom is -0.356 e. The van der Waals surface area contributed by atoms with E-state index in [1.807, 2.05) is 45.0 Å². The largest absolute Gasteiger partial charge is 0.356 e. The third-order valence-corrected chi connectivity index (χ3v) is 4.35. The van der Waals surface area contributed by atoms with Gasteiger partial charge in [0.2, 0.25) is 11.8 Å². The Hall–Kier alpha value is -2.15. The first-order chi connectivity index (χ1) is 11.0. The molecule has 0 radical (unpaired) electrons. The Kier molecular flexibility index (Phi) is 5.92. The van der Waals surface area contributed by atoms with Crippen LogP contribution in [0.25, 0.3) is 0 Å². The molecule has 1 aromatic carbocycles. The van der Waals surface area contributed by atoms with Crippen LogP contribution in [0.4, 0.5) is 0 Å². The van der Waals surface area contributed by atoms with Crippen molar-refractivity contribution in [3.63, 3.8) is 0 Å². The molecular weight excluding hydrogens is 312 g/mol. The van der Waals surface area contributed by atoms with E-state index in [0.29, 0.717) is 11.7 Å². The number of nitrogens with zero attached hydrogens (tertiary/aromatic N) is 2. The van der Waals surface area contributed by atoms with Crippen molar-refractivity contribution in [2.75, 3.05) is 6.54 Å². The molecule has 1 saturated heterocycles. The van der Waals surface area contributed by atoms with Gasteiger partial charge in [0.05, 0.1) is 5.71 Å². The summed E-state index contributed by atoms with van der Waals surface area (Å²) < 4.78 is 0. The van der Waals surface area contributed by atoms with E-state index in [0.717, 1.165) is 11.3 Å². The predicted octanol–water partition coefficient (Wildman–Crippen LogP) is 1.83. The predicted molar refractivity (Wildman–Crippen MR) is 93.6 cm³/mol. The highest BCUT2D eigenvalue weighted by molar-refractivity contribution is 8.15. The van der Waals surface area contributed by atoms with Crippen molar-refractivity contribution in [3.05, 3.63) is 35.4 Å². The van der Waals surface area contributed by atoms with Gasteiger partial charge in [-0.3, -0.25) is 9.59 Å². The highest BCUT2D eigenvalue weighted by Gasteiger charge is 2.32. The van der Waals surface area contributed by atoms with Gasteiger partial charge in [-0.1, -0.05) is 41.6 Å². The van der Waals surface area contributed by atoms with E-state index in [2.05, 4.69) is 20.8 Å². The molecule has 0 bridgehead atoms. The monoisotopic (exact) mass is 332 g/mol. The van der Waals surface area contributed by atoms with E-state index in [1.165, 1.54) is 17.3 Å². The number of amidine groups is 1. The van der Waals surface area contributed by atoms with Gasteiger partial charge in [-0.25, -0.2) is 0 Å². The molecule has 1 aliphatic rings. The van der Waals surface area contributed by atoms with Crippen LogP contribution in [0, 0.1) is 6.92 Å². The molecule has 1 atom stereocenters. The summed E-state index contributed by atoms with van der Waals surface area (Å²) in [5.74, 6) is -0.344. The number of carbonyl (C=O) groups is 2. The molecule has 0 aliphatic carbocycles. The van der Waals surface area contributed by atoms with Gasteiger partial charge in [-0.05, 0) is 26.3 Å². The van der Waals surface area contributed by atoms with Gasteiger partial charge in [0.15, 0.2) is 5.17 Å². The van der Waals surface area contributed by atoms with E-state index >= 15 is 0 Å². The Bertz CT molecular complexity index is 653. The third kappa shape index (κ3) is 4.92. The standard InChI is InChI=1S/C16H20N4O2S/c1-4-17-14(21)9-13-15(22)18-16(23-13)20-19-11(3)12-7-5-10(2)6-8-12/h5-8,13H,4,9H2,1-3H3,(H,17,21)(H,18,20,22). The number of aryl methyl sites for hydroxylation is 1. The molecule has 122 valence electrons. The zero-order valence-electron chi connectivity index (χ0n) is 13.4. The Morgan fingerprint density at radius 3 is 2.70 bits per heavy atom. The summed E-state index contributed by atoms with van der Waals surface area (Å²) in [6.45, 7) is 6.28. The van der Waals surface area contributed by atoms with Crippen molar-refractivity contribution in [1.82, 2.24) is 10.6 Å². The molecular formula is C16H20N4O2S. The summed E-state index contributed by atoms with van der Waals surface area (Å²) in [6.07, 6.45) is 0.143. The lowest BCUT2D eigenvalue weighted by molar-refractivity contribution is -0.125. The van der Waals surface area contributed by atoms with Crippen molar-refractivity contribution in [2.24, 2.45) is 10.2 Å². The van der Waals surface area contributed by atoms with Gasteiger partial charge in [-0.2, -0.15) is 5.10 Å². The second kappa shape index (κ2) is 7.92. The fraction of sp³-hybridized carbons (Fsp3) is 0.375. The molecule has 1 fully saturated rings. The molecule has 1 unspecified atom stereocenters. The Morgan fingerprint density at radius 2 is 2.04 bits per heavy atom. The molecule has 6 nitrogen and oxygen atoms in total. The van der Waals surface area contributed by atoms with E-state index in [1.54, 1.807) is 0 Å². The maximum Gasteiger partial charge on any atom is 0.240 e. The van der Waals surface area contributed by atoms with E-state index in [-0.39, 0.29) is 18.2 Å². The maximum atomic E-state index is 11.8. The highest BCUT2D eigenvalue weighted by Crippen LogP contribution is 2.22. The lowest BCUT2D eigenvalue weighted by Gasteiger charge is -2.04. The van der Waals surface area contributed by atoms with E-state index < -0.39 is 5.25 Å². The summed E-state index contributed by atoms with van der Waals surface area (Å²) in [5.41, 5.74) is 2.92. The van der Waals surface area contributed by atoms with Crippen molar-refractivity contribution < 1.29 is 9.59 Å². The van der Waals surface area contributed by atoms with Crippen LogP contribution in [0.3, 0.4) is 0 Å². The van der Waals surface area contributed by atoms with Crippen molar-refractivity contribution in [2.45, 2.75) is 32.4 Å². The van der Waals surface area contributed by atoms with Crippen molar-refractivity contribution >= 4 is 34.5 Å². The Labute approximate surface area is 139 Å². The number of hydrogen-bond acceptors (Lipinski definition) is 5. The number of amides is 2. The molecule has 0 aromatic heterocycles. The first-order valence-electron chi connectivity index (χ1n) is 7.43. The Balaban J connectivity index is 2.00. The van der Waals surface area contributed by atoms with Gasteiger partial charge >= 0.3 is 0 Å². The van der Waals surface area contributed by atoms with Gasteiger partial charge in [-0.15, -0.1) is 5.10 Å². The molecule has 23 heavy (non-hydrogen) atoms. The number of rotatable bonds is 5. The molecule has 1 aliphatic heterocycles. The van der Waals surface area contributed by atoms with Gasteiger partial charge in [0.1, 0.15) is 5.25 Å². The van der Waals surface area contributed by atoms with Crippen LogP contribution in [0.5, 0.6) is 0 Å². The van der Waals surface area contributed by atoms with Gasteiger partial charge in [0.25, 0.3) is 0 Å². The minimum atomic E-state index is -0.449. The van der Waals surface area contributed by atoms with Gasteiger partial charge < -0.3 is 10.6 Å². The number of carbonyl (C=O) groups excluding carboxylic acids is 2. The van der Waals surface area contributed by atoms with Crippen LogP contribution in [0.15, 0.2) is 34.5 Å². The zero-order chi connectivity index (χ0) is 16.8. The van der Waals surface area contributed by atoms with Crippen molar-refractivity contribution in [1.29, 1.82) is 0 Å². The Morgan fingerprint density at radius 1 is 1.35 bits per heavy atom. The van der Waals surface area contributed by atoms with Crippen molar-refractivity contribution in [3.8, 4) is 0 Å². The number of nitrogens with one attached hydrogen (secondary N) is 2. The lowest BCUT2D eigenvalue weighted by atomic mass is 10.1. The van der Waals surface area contributed by atoms with Gasteiger partial charge in [0, 0.05) is 13.0 Å². The topological polar surface area (TPSA) is 82.9 Å². The second-order valence-corrected chi connectivity index (χ2v) is 6.40. The molecule has 7 heteroatoms. The van der Waals surface area contributed by atoms with E-state index in [4.69, 9.17) is 0 Å². The highest BCUT2D eigenvalue weighted by atomic mass is 32.2. The van der Waals surface area contributed by atoms with Crippen LogP contribution < -0.4 is 10.6 Å². The van der Waals surface area contributed by atoms with Crippen LogP contribution in [0.1, 0.15) is 31.4 Å². The fourth-order valence-corrected chi connectivity index (χ4v) is 2.91. The molecule has 2 amide bonds. The minimum absolute atomic E-state index is 0.138. The molecule has 1 heterocycles. The SMILES string of the molecule is CCNC(=O)CC1S/C(=N\N=C(C)c2ccc(C)cc2)NC1=O. The first kappa shape index (κ1) is 17.2. The van der Waals surface area contributed by atoms with Crippen LogP contribution in [-0.2, 0) is 9.59 Å². The smallest absolute Gasteiger partial charge is 0.240 e. The number of hydrogen-bond donors (Lipinski definition) is 2. The maximum absolute atomic E-state index is 11.8. The summed E-state index contributed by atoms with van der Waals surface area (Å²) in [5, 5.41) is 13.6. The average Bonchev–Trinajstić information content (AvgIpc) is 2.86. The molecule has 1 aromatic rings.